The number of nitrogens with one attached hydrogen (secondary N) is 2. The number of aromatic amines is 1. The molecule has 138 valence electrons. The van der Waals surface area contributed by atoms with Crippen LogP contribution >= 0.6 is 11.6 Å². The zero-order valence-corrected chi connectivity index (χ0v) is 15.3. The highest BCUT2D eigenvalue weighted by molar-refractivity contribution is 6.33. The first kappa shape index (κ1) is 20.8. The Balaban J connectivity index is 0.00000151. The average molecular weight is 371 g/mol. The van der Waals surface area contributed by atoms with Gasteiger partial charge in [-0.3, -0.25) is 4.79 Å². The molecule has 1 aromatic rings. The summed E-state index contributed by atoms with van der Waals surface area (Å²) in [7, 11) is 1.00. The number of halogens is 1. The minimum absolute atomic E-state index is 0.0536. The van der Waals surface area contributed by atoms with Crippen molar-refractivity contribution in [2.75, 3.05) is 26.8 Å². The van der Waals surface area contributed by atoms with Crippen LogP contribution in [0, 0.1) is 18.3 Å². The molecule has 0 bridgehead atoms. The minimum Gasteiger partial charge on any atom is -0.450 e. The van der Waals surface area contributed by atoms with Crippen molar-refractivity contribution < 1.29 is 19.4 Å². The van der Waals surface area contributed by atoms with Crippen LogP contribution in [0.5, 0.6) is 0 Å². The summed E-state index contributed by atoms with van der Waals surface area (Å²) in [5, 5.41) is 19.3. The monoisotopic (exact) mass is 370 g/mol. The average Bonchev–Trinajstić information content (AvgIpc) is 2.92. The van der Waals surface area contributed by atoms with Crippen molar-refractivity contribution in [1.82, 2.24) is 15.2 Å². The van der Waals surface area contributed by atoms with E-state index >= 15 is 0 Å². The molecule has 2 heterocycles. The minimum atomic E-state index is -0.355. The molecule has 9 heteroatoms. The Morgan fingerprint density at radius 1 is 1.44 bits per heavy atom. The Morgan fingerprint density at radius 3 is 2.56 bits per heavy atom. The van der Waals surface area contributed by atoms with Gasteiger partial charge >= 0.3 is 6.09 Å². The summed E-state index contributed by atoms with van der Waals surface area (Å²) in [6, 6.07) is 1.89. The summed E-state index contributed by atoms with van der Waals surface area (Å²) in [6.45, 7) is 4.87. The van der Waals surface area contributed by atoms with E-state index in [1.807, 2.05) is 6.07 Å². The van der Waals surface area contributed by atoms with Gasteiger partial charge in [-0.2, -0.15) is 5.26 Å². The third-order valence-electron chi connectivity index (χ3n) is 3.81. The summed E-state index contributed by atoms with van der Waals surface area (Å²) < 4.78 is 4.96. The van der Waals surface area contributed by atoms with Gasteiger partial charge < -0.3 is 25.0 Å². The lowest BCUT2D eigenvalue weighted by Crippen LogP contribution is -2.46. The van der Waals surface area contributed by atoms with Crippen molar-refractivity contribution in [3.63, 3.8) is 0 Å². The van der Waals surface area contributed by atoms with Gasteiger partial charge in [0.05, 0.1) is 11.6 Å². The number of H-pyrrole nitrogens is 1. The van der Waals surface area contributed by atoms with Gasteiger partial charge in [-0.1, -0.05) is 11.6 Å². The van der Waals surface area contributed by atoms with Crippen molar-refractivity contribution in [2.45, 2.75) is 32.7 Å². The van der Waals surface area contributed by atoms with Crippen molar-refractivity contribution >= 4 is 23.6 Å². The van der Waals surface area contributed by atoms with E-state index in [0.717, 1.165) is 7.11 Å². The van der Waals surface area contributed by atoms with Gasteiger partial charge in [-0.15, -0.1) is 0 Å². The first-order valence-corrected chi connectivity index (χ1v) is 8.31. The van der Waals surface area contributed by atoms with Crippen molar-refractivity contribution in [3.8, 4) is 6.07 Å². The van der Waals surface area contributed by atoms with Crippen LogP contribution in [-0.2, 0) is 4.74 Å². The Morgan fingerprint density at radius 2 is 2.04 bits per heavy atom. The predicted octanol–water partition coefficient (Wildman–Crippen LogP) is 1.81. The number of ether oxygens (including phenoxy) is 1. The number of rotatable bonds is 3. The van der Waals surface area contributed by atoms with Gasteiger partial charge in [0.1, 0.15) is 17.3 Å². The number of aromatic nitrogens is 1. The fourth-order valence-corrected chi connectivity index (χ4v) is 2.74. The second-order valence-corrected chi connectivity index (χ2v) is 5.74. The predicted molar refractivity (Wildman–Crippen MR) is 92.5 cm³/mol. The highest BCUT2D eigenvalue weighted by atomic mass is 35.5. The van der Waals surface area contributed by atoms with E-state index in [0.29, 0.717) is 38.2 Å². The first-order chi connectivity index (χ1) is 12.0. The van der Waals surface area contributed by atoms with Gasteiger partial charge in [0.25, 0.3) is 5.91 Å². The van der Waals surface area contributed by atoms with Crippen LogP contribution < -0.4 is 5.32 Å². The SMILES string of the molecule is CCOC(=O)N1CCC(NC(=O)c2[nH]c(C)c(Cl)c2C#N)CC1.CO. The molecule has 8 nitrogen and oxygen atoms in total. The van der Waals surface area contributed by atoms with Gasteiger partial charge in [-0.05, 0) is 26.7 Å². The Hall–Kier alpha value is -2.24. The van der Waals surface area contributed by atoms with E-state index < -0.39 is 0 Å². The van der Waals surface area contributed by atoms with Crippen LogP contribution in [0.2, 0.25) is 5.02 Å². The smallest absolute Gasteiger partial charge is 0.409 e. The number of carbonyl (C=O) groups is 2. The summed E-state index contributed by atoms with van der Waals surface area (Å²) in [5.41, 5.74) is 0.930. The molecular formula is C16H23ClN4O4. The molecule has 0 unspecified atom stereocenters. The number of carbonyl (C=O) groups excluding carboxylic acids is 2. The Labute approximate surface area is 151 Å². The Kier molecular flexibility index (Phi) is 8.25. The number of nitrogens with zero attached hydrogens (tertiary/aromatic N) is 2. The molecule has 0 radical (unpaired) electrons. The summed E-state index contributed by atoms with van der Waals surface area (Å²) in [4.78, 5) is 28.4. The standard InChI is InChI=1S/C15H19ClN4O3.CH4O/c1-3-23-15(22)20-6-4-10(5-7-20)19-14(21)13-11(8-17)12(16)9(2)18-13;1-2/h10,18H,3-7H2,1-2H3,(H,19,21);2H,1H3. The lowest BCUT2D eigenvalue weighted by atomic mass is 10.1. The van der Waals surface area contributed by atoms with Crippen molar-refractivity contribution in [2.24, 2.45) is 0 Å². The molecule has 2 amide bonds. The third-order valence-corrected chi connectivity index (χ3v) is 4.28. The molecule has 0 aromatic carbocycles. The Bertz CT molecular complexity index is 645. The molecule has 1 aliphatic heterocycles. The van der Waals surface area contributed by atoms with E-state index in [2.05, 4.69) is 10.3 Å². The normalized spacial score (nSPS) is 14.2. The van der Waals surface area contributed by atoms with Crippen LogP contribution in [0.15, 0.2) is 0 Å². The first-order valence-electron chi connectivity index (χ1n) is 7.93. The molecule has 1 aromatic heterocycles. The number of amides is 2. The molecule has 1 aliphatic rings. The molecule has 25 heavy (non-hydrogen) atoms. The van der Waals surface area contributed by atoms with E-state index in [-0.39, 0.29) is 34.3 Å². The number of likely N-dealkylation sites (tertiary alicyclic amines) is 1. The highest BCUT2D eigenvalue weighted by Gasteiger charge is 2.26. The number of aliphatic hydroxyl groups excluding tert-OH is 1. The molecule has 0 saturated carbocycles. The van der Waals surface area contributed by atoms with E-state index in [1.54, 1.807) is 18.7 Å². The maximum Gasteiger partial charge on any atom is 0.409 e. The molecular weight excluding hydrogens is 348 g/mol. The highest BCUT2D eigenvalue weighted by Crippen LogP contribution is 2.23. The zero-order chi connectivity index (χ0) is 19.0. The van der Waals surface area contributed by atoms with Crippen molar-refractivity contribution in [3.05, 3.63) is 22.0 Å². The van der Waals surface area contributed by atoms with Gasteiger partial charge in [0, 0.05) is 31.9 Å². The number of hydrogen-bond acceptors (Lipinski definition) is 5. The van der Waals surface area contributed by atoms with Crippen LogP contribution in [0.3, 0.4) is 0 Å². The number of aryl methyl sites for hydroxylation is 1. The van der Waals surface area contributed by atoms with E-state index in [9.17, 15) is 9.59 Å². The zero-order valence-electron chi connectivity index (χ0n) is 14.6. The van der Waals surface area contributed by atoms with Crippen LogP contribution in [-0.4, -0.2) is 59.8 Å². The molecule has 1 fully saturated rings. The maximum absolute atomic E-state index is 12.3. The third kappa shape index (κ3) is 5.11. The fourth-order valence-electron chi connectivity index (χ4n) is 2.56. The van der Waals surface area contributed by atoms with Crippen molar-refractivity contribution in [1.29, 1.82) is 5.26 Å². The topological polar surface area (TPSA) is 118 Å². The van der Waals surface area contributed by atoms with E-state index in [4.69, 9.17) is 26.7 Å². The summed E-state index contributed by atoms with van der Waals surface area (Å²) in [5.74, 6) is -0.355. The van der Waals surface area contributed by atoms with Crippen LogP contribution in [0.1, 0.15) is 41.5 Å². The lowest BCUT2D eigenvalue weighted by Gasteiger charge is -2.31. The van der Waals surface area contributed by atoms with Crippen LogP contribution in [0.25, 0.3) is 0 Å². The second kappa shape index (κ2) is 9.91. The lowest BCUT2D eigenvalue weighted by molar-refractivity contribution is 0.0857. The molecule has 2 rings (SSSR count). The molecule has 0 aliphatic carbocycles. The summed E-state index contributed by atoms with van der Waals surface area (Å²) >= 11 is 5.99. The molecule has 1 saturated heterocycles. The number of aliphatic hydroxyl groups is 1. The van der Waals surface area contributed by atoms with Gasteiger partial charge in [0.15, 0.2) is 0 Å². The van der Waals surface area contributed by atoms with Gasteiger partial charge in [-0.25, -0.2) is 4.79 Å². The number of hydrogen-bond donors (Lipinski definition) is 3. The fraction of sp³-hybridized carbons (Fsp3) is 0.562. The maximum atomic E-state index is 12.3. The second-order valence-electron chi connectivity index (χ2n) is 5.36. The largest absolute Gasteiger partial charge is 0.450 e. The quantitative estimate of drug-likeness (QED) is 0.749. The molecule has 0 spiro atoms. The van der Waals surface area contributed by atoms with E-state index in [1.165, 1.54) is 0 Å². The van der Waals surface area contributed by atoms with Gasteiger partial charge in [0.2, 0.25) is 0 Å². The number of nitriles is 1. The molecule has 3 N–H and O–H groups in total. The summed E-state index contributed by atoms with van der Waals surface area (Å²) in [6.07, 6.45) is 0.954. The van der Waals surface area contributed by atoms with Crippen LogP contribution in [0.4, 0.5) is 4.79 Å². The number of piperidine rings is 1. The molecule has 0 atom stereocenters.